The van der Waals surface area contributed by atoms with Gasteiger partial charge in [-0.3, -0.25) is 9.59 Å². The Morgan fingerprint density at radius 3 is 2.46 bits per heavy atom. The number of rotatable bonds is 3. The fraction of sp³-hybridized carbons (Fsp3) is 0.750. The Morgan fingerprint density at radius 2 is 1.92 bits per heavy atom. The number of carbonyl (C=O) groups is 2. The molecule has 6 heteroatoms. The van der Waals surface area contributed by atoms with E-state index in [4.69, 9.17) is 0 Å². The number of aromatic nitrogens is 2. The topological polar surface area (TPSA) is 67.2 Å². The summed E-state index contributed by atoms with van der Waals surface area (Å²) in [4.78, 5) is 27.1. The molecule has 3 aliphatic rings. The summed E-state index contributed by atoms with van der Waals surface area (Å²) in [5.74, 6) is 1.43. The number of hydrogen-bond donors (Lipinski definition) is 1. The van der Waals surface area contributed by atoms with Gasteiger partial charge in [0.05, 0.1) is 12.2 Å². The van der Waals surface area contributed by atoms with Gasteiger partial charge in [0.2, 0.25) is 11.8 Å². The van der Waals surface area contributed by atoms with Gasteiger partial charge in [-0.1, -0.05) is 27.2 Å². The molecule has 1 saturated heterocycles. The van der Waals surface area contributed by atoms with Gasteiger partial charge < -0.3 is 10.2 Å². The van der Waals surface area contributed by atoms with Gasteiger partial charge >= 0.3 is 0 Å². The van der Waals surface area contributed by atoms with Crippen LogP contribution in [0.2, 0.25) is 0 Å². The molecular formula is C20H30N4O2. The van der Waals surface area contributed by atoms with E-state index in [0.29, 0.717) is 17.2 Å². The summed E-state index contributed by atoms with van der Waals surface area (Å²) in [6.45, 7) is 7.30. The number of anilines is 1. The molecule has 1 aromatic heterocycles. The second kappa shape index (κ2) is 6.10. The molecule has 1 spiro atoms. The van der Waals surface area contributed by atoms with Crippen LogP contribution in [0.1, 0.15) is 65.3 Å². The number of carbonyl (C=O) groups excluding carboxylic acids is 2. The lowest BCUT2D eigenvalue weighted by molar-refractivity contribution is -0.135. The highest BCUT2D eigenvalue weighted by molar-refractivity contribution is 5.93. The fourth-order valence-electron chi connectivity index (χ4n) is 4.44. The molecule has 2 saturated carbocycles. The van der Waals surface area contributed by atoms with Crippen molar-refractivity contribution in [2.75, 3.05) is 18.4 Å². The average molecular weight is 358 g/mol. The second-order valence-corrected chi connectivity index (χ2v) is 9.39. The molecule has 1 aromatic rings. The van der Waals surface area contributed by atoms with Gasteiger partial charge in [-0.25, -0.2) is 4.68 Å². The number of piperidine rings is 1. The number of likely N-dealkylation sites (tertiary alicyclic amines) is 1. The lowest BCUT2D eigenvalue weighted by Crippen LogP contribution is -2.41. The molecule has 6 nitrogen and oxygen atoms in total. The molecule has 0 bridgehead atoms. The average Bonchev–Trinajstić information content (AvgIpc) is 3.19. The van der Waals surface area contributed by atoms with Crippen molar-refractivity contribution in [3.63, 3.8) is 0 Å². The quantitative estimate of drug-likeness (QED) is 0.902. The first-order valence-corrected chi connectivity index (χ1v) is 9.94. The third-order valence-electron chi connectivity index (χ3n) is 6.55. The predicted molar refractivity (Wildman–Crippen MR) is 99.6 cm³/mol. The minimum atomic E-state index is -0.438. The van der Waals surface area contributed by atoms with Gasteiger partial charge in [-0.05, 0) is 37.5 Å². The second-order valence-electron chi connectivity index (χ2n) is 9.39. The van der Waals surface area contributed by atoms with Crippen LogP contribution in [0.15, 0.2) is 12.3 Å². The molecular weight excluding hydrogens is 328 g/mol. The van der Waals surface area contributed by atoms with Crippen molar-refractivity contribution in [2.45, 2.75) is 65.3 Å². The molecule has 142 valence electrons. The summed E-state index contributed by atoms with van der Waals surface area (Å²) in [5.41, 5.74) is -0.0348. The highest BCUT2D eigenvalue weighted by atomic mass is 16.2. The van der Waals surface area contributed by atoms with E-state index >= 15 is 0 Å². The lowest BCUT2D eigenvalue weighted by atomic mass is 9.79. The van der Waals surface area contributed by atoms with Crippen LogP contribution in [0.3, 0.4) is 0 Å². The minimum absolute atomic E-state index is 0.00797. The van der Waals surface area contributed by atoms with Crippen LogP contribution in [0, 0.1) is 16.7 Å². The summed E-state index contributed by atoms with van der Waals surface area (Å²) in [6.07, 6.45) is 8.45. The SMILES string of the molecule is CC(C)(C)C(=O)Nc1ccnn1C1CCN(C(=O)C2CC23CCC3)CC1. The molecule has 1 N–H and O–H groups in total. The van der Waals surface area contributed by atoms with Crippen molar-refractivity contribution < 1.29 is 9.59 Å². The van der Waals surface area contributed by atoms with Gasteiger partial charge in [-0.2, -0.15) is 5.10 Å². The number of amides is 2. The standard InChI is InChI=1S/C20H30N4O2/c1-19(2,3)18(26)22-16-5-10-21-24(16)14-6-11-23(12-7-14)17(25)15-13-20(15)8-4-9-20/h5,10,14-15H,4,6-9,11-13H2,1-3H3,(H,22,26). The summed E-state index contributed by atoms with van der Waals surface area (Å²) < 4.78 is 1.93. The first kappa shape index (κ1) is 17.6. The van der Waals surface area contributed by atoms with Crippen LogP contribution in [-0.4, -0.2) is 39.6 Å². The van der Waals surface area contributed by atoms with E-state index in [1.54, 1.807) is 6.20 Å². The number of nitrogens with zero attached hydrogens (tertiary/aromatic N) is 3. The Balaban J connectivity index is 1.35. The highest BCUT2D eigenvalue weighted by Gasteiger charge is 2.61. The Bertz CT molecular complexity index is 706. The van der Waals surface area contributed by atoms with Crippen LogP contribution in [0.5, 0.6) is 0 Å². The zero-order valence-electron chi connectivity index (χ0n) is 16.1. The van der Waals surface area contributed by atoms with Gasteiger partial charge in [0, 0.05) is 30.5 Å². The first-order valence-electron chi connectivity index (χ1n) is 9.94. The maximum absolute atomic E-state index is 12.7. The molecule has 4 rings (SSSR count). The third kappa shape index (κ3) is 3.03. The van der Waals surface area contributed by atoms with E-state index in [1.165, 1.54) is 19.3 Å². The summed E-state index contributed by atoms with van der Waals surface area (Å²) in [7, 11) is 0. The lowest BCUT2D eigenvalue weighted by Gasteiger charge is -2.34. The van der Waals surface area contributed by atoms with E-state index < -0.39 is 5.41 Å². The first-order chi connectivity index (χ1) is 12.3. The van der Waals surface area contributed by atoms with Crippen LogP contribution in [-0.2, 0) is 9.59 Å². The molecule has 3 fully saturated rings. The van der Waals surface area contributed by atoms with Gasteiger partial charge in [-0.15, -0.1) is 0 Å². The van der Waals surface area contributed by atoms with Crippen molar-refractivity contribution in [1.82, 2.24) is 14.7 Å². The van der Waals surface area contributed by atoms with Gasteiger partial charge in [0.25, 0.3) is 0 Å². The third-order valence-corrected chi connectivity index (χ3v) is 6.55. The minimum Gasteiger partial charge on any atom is -0.342 e. The molecule has 0 aromatic carbocycles. The number of hydrogen-bond acceptors (Lipinski definition) is 3. The van der Waals surface area contributed by atoms with E-state index in [-0.39, 0.29) is 11.9 Å². The van der Waals surface area contributed by atoms with Crippen LogP contribution in [0.25, 0.3) is 0 Å². The monoisotopic (exact) mass is 358 g/mol. The van der Waals surface area contributed by atoms with Gasteiger partial charge in [0.15, 0.2) is 0 Å². The fourth-order valence-corrected chi connectivity index (χ4v) is 4.44. The highest BCUT2D eigenvalue weighted by Crippen LogP contribution is 2.66. The maximum atomic E-state index is 12.7. The molecule has 2 heterocycles. The summed E-state index contributed by atoms with van der Waals surface area (Å²) >= 11 is 0. The van der Waals surface area contributed by atoms with Crippen LogP contribution >= 0.6 is 0 Å². The maximum Gasteiger partial charge on any atom is 0.230 e. The largest absolute Gasteiger partial charge is 0.342 e. The smallest absolute Gasteiger partial charge is 0.230 e. The Morgan fingerprint density at radius 1 is 1.23 bits per heavy atom. The molecule has 0 radical (unpaired) electrons. The zero-order chi connectivity index (χ0) is 18.5. The Hall–Kier alpha value is -1.85. The Labute approximate surface area is 155 Å². The normalized spacial score (nSPS) is 25.0. The van der Waals surface area contributed by atoms with Crippen molar-refractivity contribution in [2.24, 2.45) is 16.7 Å². The van der Waals surface area contributed by atoms with E-state index in [9.17, 15) is 9.59 Å². The van der Waals surface area contributed by atoms with Crippen LogP contribution < -0.4 is 5.32 Å². The van der Waals surface area contributed by atoms with Crippen LogP contribution in [0.4, 0.5) is 5.82 Å². The molecule has 2 aliphatic carbocycles. The van der Waals surface area contributed by atoms with Crippen molar-refractivity contribution in [3.8, 4) is 0 Å². The van der Waals surface area contributed by atoms with E-state index in [2.05, 4.69) is 15.3 Å². The molecule has 1 aliphatic heterocycles. The number of nitrogens with one attached hydrogen (secondary N) is 1. The van der Waals surface area contributed by atoms with Gasteiger partial charge in [0.1, 0.15) is 5.82 Å². The molecule has 26 heavy (non-hydrogen) atoms. The Kier molecular flexibility index (Phi) is 4.12. The summed E-state index contributed by atoms with van der Waals surface area (Å²) in [6, 6.07) is 2.09. The van der Waals surface area contributed by atoms with E-state index in [0.717, 1.165) is 38.2 Å². The molecule has 1 atom stereocenters. The van der Waals surface area contributed by atoms with E-state index in [1.807, 2.05) is 31.5 Å². The van der Waals surface area contributed by atoms with Crippen molar-refractivity contribution in [1.29, 1.82) is 0 Å². The molecule has 1 unspecified atom stereocenters. The predicted octanol–water partition coefficient (Wildman–Crippen LogP) is 3.22. The van der Waals surface area contributed by atoms with Crippen molar-refractivity contribution >= 4 is 17.6 Å². The van der Waals surface area contributed by atoms with Crippen molar-refractivity contribution in [3.05, 3.63) is 12.3 Å². The zero-order valence-corrected chi connectivity index (χ0v) is 16.1. The summed E-state index contributed by atoms with van der Waals surface area (Å²) in [5, 5.41) is 7.43. The molecule has 2 amide bonds.